The smallest absolute Gasteiger partial charge is 0.237 e. The molecule has 0 saturated carbocycles. The summed E-state index contributed by atoms with van der Waals surface area (Å²) in [5.74, 6) is -0.0235. The highest BCUT2D eigenvalue weighted by atomic mass is 32.2. The van der Waals surface area contributed by atoms with Crippen molar-refractivity contribution in [3.05, 3.63) is 83.9 Å². The predicted molar refractivity (Wildman–Crippen MR) is 133 cm³/mol. The lowest BCUT2D eigenvalue weighted by Crippen LogP contribution is -2.22. The summed E-state index contributed by atoms with van der Waals surface area (Å²) in [6.45, 7) is 5.96. The Hall–Kier alpha value is -2.83. The van der Waals surface area contributed by atoms with Gasteiger partial charge >= 0.3 is 0 Å². The van der Waals surface area contributed by atoms with E-state index in [1.807, 2.05) is 87.5 Å². The zero-order valence-corrected chi connectivity index (χ0v) is 18.9. The fourth-order valence-electron chi connectivity index (χ4n) is 3.01. The first-order valence-electron chi connectivity index (χ1n) is 9.68. The van der Waals surface area contributed by atoms with E-state index in [1.54, 1.807) is 0 Å². The average molecular weight is 436 g/mol. The Morgan fingerprint density at radius 3 is 2.13 bits per heavy atom. The van der Waals surface area contributed by atoms with Crippen LogP contribution < -0.4 is 16.0 Å². The van der Waals surface area contributed by atoms with Gasteiger partial charge in [0.1, 0.15) is 0 Å². The van der Waals surface area contributed by atoms with Gasteiger partial charge in [0, 0.05) is 22.0 Å². The maximum atomic E-state index is 12.6. The molecule has 0 heterocycles. The van der Waals surface area contributed by atoms with Crippen molar-refractivity contribution in [1.82, 2.24) is 0 Å². The maximum absolute atomic E-state index is 12.6. The van der Waals surface area contributed by atoms with Crippen LogP contribution in [0, 0.1) is 13.8 Å². The van der Waals surface area contributed by atoms with Crippen LogP contribution >= 0.6 is 24.0 Å². The van der Waals surface area contributed by atoms with Gasteiger partial charge in [0.15, 0.2) is 5.11 Å². The number of hydrogen-bond acceptors (Lipinski definition) is 3. The van der Waals surface area contributed by atoms with Crippen LogP contribution in [-0.4, -0.2) is 16.3 Å². The summed E-state index contributed by atoms with van der Waals surface area (Å²) >= 11 is 6.90. The van der Waals surface area contributed by atoms with Gasteiger partial charge < -0.3 is 16.0 Å². The van der Waals surface area contributed by atoms with Crippen LogP contribution in [0.15, 0.2) is 77.7 Å². The highest BCUT2D eigenvalue weighted by Gasteiger charge is 2.15. The van der Waals surface area contributed by atoms with Gasteiger partial charge in [-0.15, -0.1) is 11.8 Å². The molecule has 0 aromatic heterocycles. The van der Waals surface area contributed by atoms with Gasteiger partial charge in [-0.2, -0.15) is 0 Å². The van der Waals surface area contributed by atoms with Crippen LogP contribution in [0.1, 0.15) is 18.1 Å². The van der Waals surface area contributed by atoms with Gasteiger partial charge in [-0.25, -0.2) is 0 Å². The van der Waals surface area contributed by atoms with Gasteiger partial charge in [-0.3, -0.25) is 4.79 Å². The van der Waals surface area contributed by atoms with E-state index in [2.05, 4.69) is 22.0 Å². The highest BCUT2D eigenvalue weighted by Crippen LogP contribution is 2.27. The first kappa shape index (κ1) is 21.9. The molecule has 1 amide bonds. The molecule has 1 unspecified atom stereocenters. The molecule has 0 saturated heterocycles. The SMILES string of the molecule is Cc1cc(C)cc(NC(=O)C(C)Sc2cccc(NC(=S)Nc3ccccc3)c2)c1. The minimum atomic E-state index is -0.240. The Labute approximate surface area is 187 Å². The van der Waals surface area contributed by atoms with Gasteiger partial charge in [0.2, 0.25) is 5.91 Å². The molecule has 6 heteroatoms. The molecule has 0 spiro atoms. The zero-order chi connectivity index (χ0) is 21.5. The van der Waals surface area contributed by atoms with E-state index < -0.39 is 0 Å². The van der Waals surface area contributed by atoms with E-state index in [0.29, 0.717) is 5.11 Å². The van der Waals surface area contributed by atoms with Crippen molar-refractivity contribution in [1.29, 1.82) is 0 Å². The molecule has 0 aliphatic heterocycles. The van der Waals surface area contributed by atoms with Crippen LogP contribution in [-0.2, 0) is 4.79 Å². The first-order chi connectivity index (χ1) is 14.4. The fraction of sp³-hybridized carbons (Fsp3) is 0.167. The standard InChI is InChI=1S/C24H25N3OS2/c1-16-12-17(2)14-21(13-16)25-23(28)18(3)30-22-11-7-10-20(15-22)27-24(29)26-19-8-5-4-6-9-19/h4-15,18H,1-3H3,(H,25,28)(H2,26,27,29). The van der Waals surface area contributed by atoms with Crippen LogP contribution in [0.3, 0.4) is 0 Å². The van der Waals surface area contributed by atoms with Gasteiger partial charge in [-0.05, 0) is 86.6 Å². The Morgan fingerprint density at radius 1 is 0.800 bits per heavy atom. The molecule has 0 fully saturated rings. The zero-order valence-electron chi connectivity index (χ0n) is 17.2. The molecule has 0 radical (unpaired) electrons. The van der Waals surface area contributed by atoms with Crippen molar-refractivity contribution in [3.8, 4) is 0 Å². The molecule has 3 rings (SSSR count). The number of carbonyl (C=O) groups is 1. The molecular weight excluding hydrogens is 410 g/mol. The maximum Gasteiger partial charge on any atom is 0.237 e. The monoisotopic (exact) mass is 435 g/mol. The lowest BCUT2D eigenvalue weighted by molar-refractivity contribution is -0.115. The summed E-state index contributed by atoms with van der Waals surface area (Å²) in [7, 11) is 0. The lowest BCUT2D eigenvalue weighted by atomic mass is 10.1. The number of aryl methyl sites for hydroxylation is 2. The second-order valence-electron chi connectivity index (χ2n) is 7.10. The normalized spacial score (nSPS) is 11.4. The number of hydrogen-bond donors (Lipinski definition) is 3. The molecule has 0 aliphatic rings. The molecule has 154 valence electrons. The number of thioether (sulfide) groups is 1. The van der Waals surface area contributed by atoms with Gasteiger partial charge in [0.25, 0.3) is 0 Å². The average Bonchev–Trinajstić information content (AvgIpc) is 2.68. The molecule has 30 heavy (non-hydrogen) atoms. The Bertz CT molecular complexity index is 1020. The molecule has 3 aromatic rings. The molecule has 3 N–H and O–H groups in total. The summed E-state index contributed by atoms with van der Waals surface area (Å²) in [4.78, 5) is 13.6. The summed E-state index contributed by atoms with van der Waals surface area (Å²) in [6, 6.07) is 23.7. The number of benzene rings is 3. The van der Waals surface area contributed by atoms with Gasteiger partial charge in [0.05, 0.1) is 5.25 Å². The largest absolute Gasteiger partial charge is 0.332 e. The number of amides is 1. The Morgan fingerprint density at radius 2 is 1.43 bits per heavy atom. The topological polar surface area (TPSA) is 53.2 Å². The highest BCUT2D eigenvalue weighted by molar-refractivity contribution is 8.00. The van der Waals surface area contributed by atoms with Crippen molar-refractivity contribution in [2.24, 2.45) is 0 Å². The summed E-state index contributed by atoms with van der Waals surface area (Å²) in [6.07, 6.45) is 0. The number of rotatable bonds is 6. The number of nitrogens with one attached hydrogen (secondary N) is 3. The van der Waals surface area contributed by atoms with Crippen LogP contribution in [0.2, 0.25) is 0 Å². The van der Waals surface area contributed by atoms with Crippen LogP contribution in [0.5, 0.6) is 0 Å². The number of para-hydroxylation sites is 1. The van der Waals surface area contributed by atoms with Gasteiger partial charge in [-0.1, -0.05) is 30.3 Å². The third kappa shape index (κ3) is 6.61. The van der Waals surface area contributed by atoms with Crippen molar-refractivity contribution in [3.63, 3.8) is 0 Å². The Kier molecular flexibility index (Phi) is 7.49. The lowest BCUT2D eigenvalue weighted by Gasteiger charge is -2.14. The van der Waals surface area contributed by atoms with Crippen molar-refractivity contribution in [2.75, 3.05) is 16.0 Å². The summed E-state index contributed by atoms with van der Waals surface area (Å²) in [5, 5.41) is 9.64. The second kappa shape index (κ2) is 10.3. The minimum absolute atomic E-state index is 0.0235. The van der Waals surface area contributed by atoms with Crippen molar-refractivity contribution in [2.45, 2.75) is 30.9 Å². The van der Waals surface area contributed by atoms with Crippen molar-refractivity contribution >= 4 is 52.1 Å². The molecule has 4 nitrogen and oxygen atoms in total. The predicted octanol–water partition coefficient (Wildman–Crippen LogP) is 6.23. The van der Waals surface area contributed by atoms with E-state index in [4.69, 9.17) is 12.2 Å². The Balaban J connectivity index is 1.58. The minimum Gasteiger partial charge on any atom is -0.332 e. The first-order valence-corrected chi connectivity index (χ1v) is 11.0. The van der Waals surface area contributed by atoms with E-state index in [1.165, 1.54) is 11.8 Å². The molecule has 0 bridgehead atoms. The van der Waals surface area contributed by atoms with Crippen LogP contribution in [0.25, 0.3) is 0 Å². The number of anilines is 3. The van der Waals surface area contributed by atoms with E-state index in [-0.39, 0.29) is 11.2 Å². The van der Waals surface area contributed by atoms with E-state index in [9.17, 15) is 4.79 Å². The third-order valence-electron chi connectivity index (χ3n) is 4.29. The van der Waals surface area contributed by atoms with E-state index >= 15 is 0 Å². The summed E-state index contributed by atoms with van der Waals surface area (Å²) in [5.41, 5.74) is 4.89. The molecule has 0 aliphatic carbocycles. The summed E-state index contributed by atoms with van der Waals surface area (Å²) < 4.78 is 0. The quantitative estimate of drug-likeness (QED) is 0.316. The van der Waals surface area contributed by atoms with E-state index in [0.717, 1.165) is 33.1 Å². The number of carbonyl (C=O) groups excluding carboxylic acids is 1. The number of thiocarbonyl (C=S) groups is 1. The second-order valence-corrected chi connectivity index (χ2v) is 8.92. The van der Waals surface area contributed by atoms with Crippen molar-refractivity contribution < 1.29 is 4.79 Å². The van der Waals surface area contributed by atoms with Crippen LogP contribution in [0.4, 0.5) is 17.1 Å². The molecular formula is C24H25N3OS2. The molecule has 1 atom stereocenters. The molecule has 3 aromatic carbocycles. The fourth-order valence-corrected chi connectivity index (χ4v) is 4.17. The third-order valence-corrected chi connectivity index (χ3v) is 5.59.